The van der Waals surface area contributed by atoms with Gasteiger partial charge in [-0.25, -0.2) is 15.3 Å². The van der Waals surface area contributed by atoms with Crippen LogP contribution in [0.2, 0.25) is 0 Å². The van der Waals surface area contributed by atoms with Crippen molar-refractivity contribution in [1.29, 1.82) is 0 Å². The number of hydrazine groups is 1. The minimum atomic E-state index is -0.729. The Morgan fingerprint density at radius 3 is 2.42 bits per heavy atom. The summed E-state index contributed by atoms with van der Waals surface area (Å²) in [6.45, 7) is 8.88. The summed E-state index contributed by atoms with van der Waals surface area (Å²) >= 11 is 0. The highest BCUT2D eigenvalue weighted by Crippen LogP contribution is 2.26. The number of ether oxygens (including phenoxy) is 1. The smallest absolute Gasteiger partial charge is 0.288 e. The standard InChI is InChI=1S/C31H44N4O5/c1-22(2)20-26(29(36)33-35(21-23(3)4)31(38)27-16-11-18-32-27)25(15-10-14-24-12-6-5-7-13-24)30(37)34-40-28-17-8-9-19-39-28/h5-7,10-14,16,18,22-23,25-26,28,32H,8-9,15,17,19-21H2,1-4H3,(H,33,36)(H,34,37)/t25-,26+,28?/m0/s1. The topological polar surface area (TPSA) is 113 Å². The van der Waals surface area contributed by atoms with Gasteiger partial charge < -0.3 is 9.72 Å². The second kappa shape index (κ2) is 16.0. The van der Waals surface area contributed by atoms with Crippen LogP contribution in [0.1, 0.15) is 75.9 Å². The second-order valence-electron chi connectivity index (χ2n) is 11.1. The average Bonchev–Trinajstić information content (AvgIpc) is 3.48. The van der Waals surface area contributed by atoms with Gasteiger partial charge in [0.05, 0.1) is 11.8 Å². The van der Waals surface area contributed by atoms with Gasteiger partial charge in [0, 0.05) is 25.8 Å². The Bertz CT molecular complexity index is 1080. The van der Waals surface area contributed by atoms with Crippen LogP contribution in [-0.4, -0.2) is 47.2 Å². The van der Waals surface area contributed by atoms with E-state index in [4.69, 9.17) is 9.57 Å². The van der Waals surface area contributed by atoms with Crippen LogP contribution in [0.3, 0.4) is 0 Å². The van der Waals surface area contributed by atoms with Crippen molar-refractivity contribution in [2.75, 3.05) is 13.2 Å². The second-order valence-corrected chi connectivity index (χ2v) is 11.1. The molecule has 0 radical (unpaired) electrons. The van der Waals surface area contributed by atoms with Gasteiger partial charge in [0.1, 0.15) is 5.69 Å². The van der Waals surface area contributed by atoms with E-state index in [9.17, 15) is 14.4 Å². The third kappa shape index (κ3) is 9.95. The van der Waals surface area contributed by atoms with Gasteiger partial charge in [0.2, 0.25) is 11.8 Å². The van der Waals surface area contributed by atoms with E-state index in [0.29, 0.717) is 38.1 Å². The summed E-state index contributed by atoms with van der Waals surface area (Å²) in [7, 11) is 0. The first-order valence-electron chi connectivity index (χ1n) is 14.3. The van der Waals surface area contributed by atoms with Crippen molar-refractivity contribution in [2.24, 2.45) is 23.7 Å². The summed E-state index contributed by atoms with van der Waals surface area (Å²) in [4.78, 5) is 49.1. The fourth-order valence-corrected chi connectivity index (χ4v) is 4.70. The van der Waals surface area contributed by atoms with Crippen molar-refractivity contribution in [2.45, 2.75) is 66.1 Å². The Morgan fingerprint density at radius 1 is 1.02 bits per heavy atom. The first kappa shape index (κ1) is 31.1. The van der Waals surface area contributed by atoms with Crippen LogP contribution in [0, 0.1) is 23.7 Å². The molecular weight excluding hydrogens is 508 g/mol. The number of nitrogens with one attached hydrogen (secondary N) is 3. The number of amides is 3. The lowest BCUT2D eigenvalue weighted by atomic mass is 9.82. The number of rotatable bonds is 13. The maximum atomic E-state index is 13.8. The minimum Gasteiger partial charge on any atom is -0.357 e. The zero-order valence-electron chi connectivity index (χ0n) is 24.1. The van der Waals surface area contributed by atoms with E-state index in [1.807, 2.05) is 70.2 Å². The molecule has 1 aliphatic heterocycles. The van der Waals surface area contributed by atoms with Crippen molar-refractivity contribution in [3.63, 3.8) is 0 Å². The van der Waals surface area contributed by atoms with E-state index < -0.39 is 24.0 Å². The van der Waals surface area contributed by atoms with Crippen LogP contribution in [0.15, 0.2) is 54.7 Å². The summed E-state index contributed by atoms with van der Waals surface area (Å²) in [5.41, 5.74) is 6.80. The zero-order chi connectivity index (χ0) is 28.9. The largest absolute Gasteiger partial charge is 0.357 e. The molecule has 2 aromatic rings. The van der Waals surface area contributed by atoms with Crippen molar-refractivity contribution in [3.05, 3.63) is 66.0 Å². The Hall–Kier alpha value is -3.43. The molecule has 3 N–H and O–H groups in total. The van der Waals surface area contributed by atoms with E-state index in [2.05, 4.69) is 15.9 Å². The van der Waals surface area contributed by atoms with Crippen LogP contribution in [0.4, 0.5) is 0 Å². The number of aromatic nitrogens is 1. The van der Waals surface area contributed by atoms with Gasteiger partial charge in [0.25, 0.3) is 5.91 Å². The molecule has 40 heavy (non-hydrogen) atoms. The first-order chi connectivity index (χ1) is 19.2. The third-order valence-corrected chi connectivity index (χ3v) is 6.68. The molecular formula is C31H44N4O5. The van der Waals surface area contributed by atoms with Gasteiger partial charge in [-0.1, -0.05) is 70.2 Å². The van der Waals surface area contributed by atoms with Gasteiger partial charge in [0.15, 0.2) is 6.29 Å². The molecule has 1 saturated heterocycles. The van der Waals surface area contributed by atoms with Gasteiger partial charge in [-0.3, -0.25) is 19.8 Å². The fraction of sp³-hybridized carbons (Fsp3) is 0.516. The highest BCUT2D eigenvalue weighted by atomic mass is 16.8. The van der Waals surface area contributed by atoms with Crippen molar-refractivity contribution >= 4 is 23.8 Å². The van der Waals surface area contributed by atoms with Crippen LogP contribution in [0.25, 0.3) is 6.08 Å². The number of nitrogens with zero attached hydrogens (tertiary/aromatic N) is 1. The summed E-state index contributed by atoms with van der Waals surface area (Å²) in [5.74, 6) is -2.30. The predicted octanol–water partition coefficient (Wildman–Crippen LogP) is 5.10. The fourth-order valence-electron chi connectivity index (χ4n) is 4.70. The van der Waals surface area contributed by atoms with Crippen molar-refractivity contribution in [1.82, 2.24) is 20.9 Å². The molecule has 9 nitrogen and oxygen atoms in total. The maximum Gasteiger partial charge on any atom is 0.288 e. The van der Waals surface area contributed by atoms with E-state index in [0.717, 1.165) is 18.4 Å². The number of benzene rings is 1. The molecule has 3 amide bonds. The Kier molecular flexibility index (Phi) is 12.4. The summed E-state index contributed by atoms with van der Waals surface area (Å²) in [5, 5.41) is 1.34. The van der Waals surface area contributed by atoms with Crippen molar-refractivity contribution in [3.8, 4) is 0 Å². The van der Waals surface area contributed by atoms with E-state index >= 15 is 0 Å². The van der Waals surface area contributed by atoms with Crippen LogP contribution in [-0.2, 0) is 19.2 Å². The van der Waals surface area contributed by atoms with E-state index in [1.54, 1.807) is 18.3 Å². The molecule has 3 rings (SSSR count). The van der Waals surface area contributed by atoms with Gasteiger partial charge in [-0.15, -0.1) is 0 Å². The number of aromatic amines is 1. The molecule has 218 valence electrons. The number of carbonyl (C=O) groups excluding carboxylic acids is 3. The number of carbonyl (C=O) groups is 3. The third-order valence-electron chi connectivity index (χ3n) is 6.68. The molecule has 3 atom stereocenters. The molecule has 0 aliphatic carbocycles. The van der Waals surface area contributed by atoms with Gasteiger partial charge in [-0.2, -0.15) is 0 Å². The summed E-state index contributed by atoms with van der Waals surface area (Å²) < 4.78 is 5.59. The van der Waals surface area contributed by atoms with Gasteiger partial charge in [-0.05, 0) is 55.2 Å². The lowest BCUT2D eigenvalue weighted by Gasteiger charge is -2.31. The van der Waals surface area contributed by atoms with Crippen LogP contribution >= 0.6 is 0 Å². The highest BCUT2D eigenvalue weighted by Gasteiger charge is 2.36. The quantitative estimate of drug-likeness (QED) is 0.299. The number of hydrogen-bond acceptors (Lipinski definition) is 5. The highest BCUT2D eigenvalue weighted by molar-refractivity contribution is 5.95. The SMILES string of the molecule is CC(C)C[C@@H](C(=O)NN(CC(C)C)C(=O)c1ccc[nH]1)[C@H](CC=Cc1ccccc1)C(=O)NOC1CCCCO1. The van der Waals surface area contributed by atoms with Gasteiger partial charge >= 0.3 is 0 Å². The molecule has 2 heterocycles. The Balaban J connectivity index is 1.83. The number of hydroxylamine groups is 1. The van der Waals surface area contributed by atoms with Crippen molar-refractivity contribution < 1.29 is 24.0 Å². The van der Waals surface area contributed by atoms with E-state index in [-0.39, 0.29) is 23.7 Å². The number of hydrogen-bond donors (Lipinski definition) is 3. The molecule has 1 unspecified atom stereocenters. The lowest BCUT2D eigenvalue weighted by molar-refractivity contribution is -0.203. The normalized spacial score (nSPS) is 17.1. The van der Waals surface area contributed by atoms with Crippen LogP contribution < -0.4 is 10.9 Å². The Labute approximate surface area is 237 Å². The maximum absolute atomic E-state index is 13.8. The zero-order valence-corrected chi connectivity index (χ0v) is 24.1. The molecule has 0 saturated carbocycles. The number of H-pyrrole nitrogens is 1. The first-order valence-corrected chi connectivity index (χ1v) is 14.3. The summed E-state index contributed by atoms with van der Waals surface area (Å²) in [6.07, 6.45) is 8.40. The van der Waals surface area contributed by atoms with Crippen LogP contribution in [0.5, 0.6) is 0 Å². The van der Waals surface area contributed by atoms with E-state index in [1.165, 1.54) is 5.01 Å². The minimum absolute atomic E-state index is 0.111. The average molecular weight is 553 g/mol. The molecule has 1 aromatic heterocycles. The monoisotopic (exact) mass is 552 g/mol. The lowest BCUT2D eigenvalue weighted by Crippen LogP contribution is -2.52. The number of allylic oxidation sites excluding steroid dienone is 1. The summed E-state index contributed by atoms with van der Waals surface area (Å²) in [6, 6.07) is 13.2. The molecule has 1 fully saturated rings. The predicted molar refractivity (Wildman–Crippen MR) is 154 cm³/mol. The molecule has 9 heteroatoms. The molecule has 0 bridgehead atoms. The molecule has 1 aromatic carbocycles. The Morgan fingerprint density at radius 2 is 1.80 bits per heavy atom. The molecule has 0 spiro atoms. The molecule has 1 aliphatic rings.